The standard InChI is InChI=1S/C12H12N2O4S/c15-12(16)5-6-19(17,18)14-10-7-9-3-1-2-4-11(9)13-8-10/h1-4,7-8,14H,5-6H2,(H,15,16). The van der Waals surface area contributed by atoms with E-state index in [1.807, 2.05) is 24.3 Å². The van der Waals surface area contributed by atoms with Crippen LogP contribution in [0.5, 0.6) is 0 Å². The summed E-state index contributed by atoms with van der Waals surface area (Å²) in [6, 6.07) is 8.95. The van der Waals surface area contributed by atoms with Crippen molar-refractivity contribution >= 4 is 32.6 Å². The topological polar surface area (TPSA) is 96.4 Å². The Morgan fingerprint density at radius 3 is 2.79 bits per heavy atom. The molecule has 0 aliphatic rings. The van der Waals surface area contributed by atoms with Crippen molar-refractivity contribution in [2.24, 2.45) is 0 Å². The predicted molar refractivity (Wildman–Crippen MR) is 71.4 cm³/mol. The van der Waals surface area contributed by atoms with E-state index >= 15 is 0 Å². The molecule has 0 saturated carbocycles. The quantitative estimate of drug-likeness (QED) is 0.864. The predicted octanol–water partition coefficient (Wildman–Crippen LogP) is 1.45. The van der Waals surface area contributed by atoms with E-state index < -0.39 is 28.2 Å². The van der Waals surface area contributed by atoms with Gasteiger partial charge in [-0.2, -0.15) is 0 Å². The summed E-state index contributed by atoms with van der Waals surface area (Å²) in [6.07, 6.45) is 0.969. The molecule has 1 heterocycles. The van der Waals surface area contributed by atoms with Crippen molar-refractivity contribution in [1.29, 1.82) is 0 Å². The van der Waals surface area contributed by atoms with Crippen LogP contribution in [0.3, 0.4) is 0 Å². The number of carboxylic acid groups (broad SMARTS) is 1. The summed E-state index contributed by atoms with van der Waals surface area (Å²) in [5.74, 6) is -1.61. The van der Waals surface area contributed by atoms with Gasteiger partial charge < -0.3 is 5.11 Å². The van der Waals surface area contributed by atoms with Crippen molar-refractivity contribution < 1.29 is 18.3 Å². The number of aromatic nitrogens is 1. The van der Waals surface area contributed by atoms with E-state index in [1.165, 1.54) is 6.20 Å². The van der Waals surface area contributed by atoms with E-state index in [2.05, 4.69) is 9.71 Å². The second-order valence-corrected chi connectivity index (χ2v) is 5.82. The zero-order chi connectivity index (χ0) is 13.9. The molecule has 1 aromatic carbocycles. The lowest BCUT2D eigenvalue weighted by atomic mass is 10.2. The number of nitrogens with one attached hydrogen (secondary N) is 1. The highest BCUT2D eigenvalue weighted by Gasteiger charge is 2.13. The monoisotopic (exact) mass is 280 g/mol. The molecule has 0 spiro atoms. The van der Waals surface area contributed by atoms with Crippen LogP contribution in [-0.4, -0.2) is 30.2 Å². The normalized spacial score (nSPS) is 11.4. The number of sulfonamides is 1. The molecule has 0 aliphatic carbocycles. The lowest BCUT2D eigenvalue weighted by molar-refractivity contribution is -0.136. The fourth-order valence-electron chi connectivity index (χ4n) is 1.58. The Hall–Kier alpha value is -2.15. The van der Waals surface area contributed by atoms with Gasteiger partial charge in [-0.15, -0.1) is 0 Å². The molecular weight excluding hydrogens is 268 g/mol. The first-order valence-electron chi connectivity index (χ1n) is 5.53. The van der Waals surface area contributed by atoms with E-state index in [9.17, 15) is 13.2 Å². The number of nitrogens with zero attached hydrogens (tertiary/aromatic N) is 1. The van der Waals surface area contributed by atoms with Crippen LogP contribution < -0.4 is 4.72 Å². The minimum absolute atomic E-state index is 0.323. The highest BCUT2D eigenvalue weighted by atomic mass is 32.2. The number of fused-ring (bicyclic) bond motifs is 1. The lowest BCUT2D eigenvalue weighted by Crippen LogP contribution is -2.18. The second-order valence-electron chi connectivity index (χ2n) is 3.98. The summed E-state index contributed by atoms with van der Waals surface area (Å²) in [6.45, 7) is 0. The van der Waals surface area contributed by atoms with Gasteiger partial charge in [0.05, 0.1) is 29.6 Å². The largest absolute Gasteiger partial charge is 0.481 e. The Morgan fingerprint density at radius 2 is 2.05 bits per heavy atom. The lowest BCUT2D eigenvalue weighted by Gasteiger charge is -2.07. The number of carbonyl (C=O) groups is 1. The Labute approximate surface area is 110 Å². The third-order valence-electron chi connectivity index (χ3n) is 2.45. The second kappa shape index (κ2) is 5.23. The molecule has 0 unspecified atom stereocenters. The number of hydrogen-bond donors (Lipinski definition) is 2. The van der Waals surface area contributed by atoms with E-state index in [1.54, 1.807) is 6.07 Å². The van der Waals surface area contributed by atoms with E-state index in [4.69, 9.17) is 5.11 Å². The van der Waals surface area contributed by atoms with Gasteiger partial charge in [0.25, 0.3) is 0 Å². The van der Waals surface area contributed by atoms with Gasteiger partial charge in [-0.1, -0.05) is 18.2 Å². The summed E-state index contributed by atoms with van der Waals surface area (Å²) in [4.78, 5) is 14.5. The number of anilines is 1. The summed E-state index contributed by atoms with van der Waals surface area (Å²) < 4.78 is 25.6. The molecule has 1 aromatic heterocycles. The van der Waals surface area contributed by atoms with E-state index in [0.717, 1.165) is 10.9 Å². The Balaban J connectivity index is 2.19. The van der Waals surface area contributed by atoms with Crippen LogP contribution in [-0.2, 0) is 14.8 Å². The van der Waals surface area contributed by atoms with Gasteiger partial charge in [0.15, 0.2) is 0 Å². The van der Waals surface area contributed by atoms with Gasteiger partial charge in [-0.05, 0) is 12.1 Å². The Bertz CT molecular complexity index is 712. The molecule has 2 N–H and O–H groups in total. The zero-order valence-electron chi connectivity index (χ0n) is 9.91. The summed E-state index contributed by atoms with van der Waals surface area (Å²) in [5, 5.41) is 9.29. The SMILES string of the molecule is O=C(O)CCS(=O)(=O)Nc1cnc2ccccc2c1. The molecule has 0 radical (unpaired) electrons. The number of rotatable bonds is 5. The number of para-hydroxylation sites is 1. The van der Waals surface area contributed by atoms with Crippen LogP contribution in [0.25, 0.3) is 10.9 Å². The van der Waals surface area contributed by atoms with Crippen molar-refractivity contribution in [3.8, 4) is 0 Å². The fourth-order valence-corrected chi connectivity index (χ4v) is 2.60. The van der Waals surface area contributed by atoms with Gasteiger partial charge in [0.2, 0.25) is 10.0 Å². The molecule has 7 heteroatoms. The molecule has 0 atom stereocenters. The molecule has 19 heavy (non-hydrogen) atoms. The third-order valence-corrected chi connectivity index (χ3v) is 3.74. The number of carboxylic acids is 1. The smallest absolute Gasteiger partial charge is 0.304 e. The molecule has 2 rings (SSSR count). The van der Waals surface area contributed by atoms with Gasteiger partial charge in [-0.3, -0.25) is 14.5 Å². The molecule has 0 saturated heterocycles. The molecule has 0 fully saturated rings. The average molecular weight is 280 g/mol. The first-order chi connectivity index (χ1) is 8.96. The molecule has 0 amide bonds. The zero-order valence-corrected chi connectivity index (χ0v) is 10.7. The number of aliphatic carboxylic acids is 1. The molecule has 6 nitrogen and oxygen atoms in total. The van der Waals surface area contributed by atoms with Crippen LogP contribution in [0.15, 0.2) is 36.5 Å². The van der Waals surface area contributed by atoms with Crippen molar-refractivity contribution in [2.45, 2.75) is 6.42 Å². The highest BCUT2D eigenvalue weighted by molar-refractivity contribution is 7.92. The minimum atomic E-state index is -3.67. The summed E-state index contributed by atoms with van der Waals surface area (Å²) in [5.41, 5.74) is 1.08. The maximum atomic E-state index is 11.6. The van der Waals surface area contributed by atoms with Gasteiger partial charge in [0, 0.05) is 5.39 Å². The van der Waals surface area contributed by atoms with E-state index in [0.29, 0.717) is 5.69 Å². The first kappa shape index (κ1) is 13.3. The molecule has 100 valence electrons. The van der Waals surface area contributed by atoms with Crippen LogP contribution in [0, 0.1) is 0 Å². The first-order valence-corrected chi connectivity index (χ1v) is 7.18. The Kier molecular flexibility index (Phi) is 3.66. The number of hydrogen-bond acceptors (Lipinski definition) is 4. The number of pyridine rings is 1. The van der Waals surface area contributed by atoms with Crippen molar-refractivity contribution in [2.75, 3.05) is 10.5 Å². The van der Waals surface area contributed by atoms with E-state index in [-0.39, 0.29) is 0 Å². The molecule has 2 aromatic rings. The summed E-state index contributed by atoms with van der Waals surface area (Å²) >= 11 is 0. The van der Waals surface area contributed by atoms with Crippen molar-refractivity contribution in [3.63, 3.8) is 0 Å². The maximum Gasteiger partial charge on any atom is 0.304 e. The highest BCUT2D eigenvalue weighted by Crippen LogP contribution is 2.17. The van der Waals surface area contributed by atoms with Gasteiger partial charge >= 0.3 is 5.97 Å². The molecule has 0 bridgehead atoms. The molecular formula is C12H12N2O4S. The summed E-state index contributed by atoms with van der Waals surface area (Å²) in [7, 11) is -3.67. The maximum absolute atomic E-state index is 11.6. The van der Waals surface area contributed by atoms with Crippen LogP contribution in [0.4, 0.5) is 5.69 Å². The average Bonchev–Trinajstić information content (AvgIpc) is 2.36. The molecule has 0 aliphatic heterocycles. The minimum Gasteiger partial charge on any atom is -0.481 e. The number of benzene rings is 1. The third kappa shape index (κ3) is 3.65. The van der Waals surface area contributed by atoms with Crippen molar-refractivity contribution in [1.82, 2.24) is 4.98 Å². The fraction of sp³-hybridized carbons (Fsp3) is 0.167. The van der Waals surface area contributed by atoms with Gasteiger partial charge in [-0.25, -0.2) is 8.42 Å². The van der Waals surface area contributed by atoms with Crippen LogP contribution in [0.2, 0.25) is 0 Å². The van der Waals surface area contributed by atoms with Crippen LogP contribution in [0.1, 0.15) is 6.42 Å². The Morgan fingerprint density at radius 1 is 1.32 bits per heavy atom. The van der Waals surface area contributed by atoms with Gasteiger partial charge in [0.1, 0.15) is 0 Å². The van der Waals surface area contributed by atoms with Crippen molar-refractivity contribution in [3.05, 3.63) is 36.5 Å². The van der Waals surface area contributed by atoms with Crippen LogP contribution >= 0.6 is 0 Å².